The Labute approximate surface area is 96.8 Å². The minimum atomic E-state index is -1.46. The van der Waals surface area contributed by atoms with E-state index in [0.29, 0.717) is 0 Å². The van der Waals surface area contributed by atoms with E-state index in [1.807, 2.05) is 0 Å². The van der Waals surface area contributed by atoms with E-state index >= 15 is 0 Å². The lowest BCUT2D eigenvalue weighted by Gasteiger charge is -2.16. The molecule has 0 amide bonds. The number of rotatable bonds is 4. The number of methoxy groups -OCH3 is 3. The van der Waals surface area contributed by atoms with E-state index in [0.717, 1.165) is 0 Å². The van der Waals surface area contributed by atoms with E-state index in [9.17, 15) is 15.0 Å². The lowest BCUT2D eigenvalue weighted by molar-refractivity contribution is 0.0688. The van der Waals surface area contributed by atoms with Gasteiger partial charge in [0.1, 0.15) is 0 Å². The third kappa shape index (κ3) is 1.86. The number of carboxylic acid groups (broad SMARTS) is 1. The largest absolute Gasteiger partial charge is 0.503 e. The molecule has 0 aliphatic rings. The average molecular weight is 244 g/mol. The van der Waals surface area contributed by atoms with E-state index < -0.39 is 23.0 Å². The molecule has 1 aromatic carbocycles. The Kier molecular flexibility index (Phi) is 3.52. The minimum Gasteiger partial charge on any atom is -0.503 e. The molecule has 1 rings (SSSR count). The molecule has 0 aromatic heterocycles. The van der Waals surface area contributed by atoms with Crippen LogP contribution in [-0.4, -0.2) is 42.6 Å². The predicted molar refractivity (Wildman–Crippen MR) is 56.4 cm³/mol. The van der Waals surface area contributed by atoms with E-state index in [1.165, 1.54) is 21.3 Å². The summed E-state index contributed by atoms with van der Waals surface area (Å²) in [6, 6.07) is 0. The number of phenols is 2. The predicted octanol–water partition coefficient (Wildman–Crippen LogP) is 0.822. The van der Waals surface area contributed by atoms with Crippen molar-refractivity contribution >= 4 is 5.97 Å². The molecule has 0 unspecified atom stereocenters. The van der Waals surface area contributed by atoms with Gasteiger partial charge in [-0.05, 0) is 0 Å². The van der Waals surface area contributed by atoms with Crippen molar-refractivity contribution < 1.29 is 34.3 Å². The molecule has 0 bridgehead atoms. The molecule has 3 N–H and O–H groups in total. The molecule has 0 aliphatic heterocycles. The maximum Gasteiger partial charge on any atom is 0.343 e. The molecular formula is C10H12O7. The number of hydrogen-bond donors (Lipinski definition) is 3. The molecule has 1 aromatic rings. The van der Waals surface area contributed by atoms with Crippen LogP contribution in [0.2, 0.25) is 0 Å². The first kappa shape index (κ1) is 12.8. The summed E-state index contributed by atoms with van der Waals surface area (Å²) in [6.45, 7) is 0. The van der Waals surface area contributed by atoms with Crippen molar-refractivity contribution in [3.63, 3.8) is 0 Å². The van der Waals surface area contributed by atoms with Crippen LogP contribution in [0.1, 0.15) is 10.4 Å². The van der Waals surface area contributed by atoms with Crippen molar-refractivity contribution in [3.05, 3.63) is 5.56 Å². The molecular weight excluding hydrogens is 232 g/mol. The van der Waals surface area contributed by atoms with Crippen LogP contribution in [0.5, 0.6) is 28.7 Å². The van der Waals surface area contributed by atoms with Crippen LogP contribution in [-0.2, 0) is 0 Å². The Morgan fingerprint density at radius 2 is 1.35 bits per heavy atom. The average Bonchev–Trinajstić information content (AvgIpc) is 2.30. The van der Waals surface area contributed by atoms with Crippen LogP contribution < -0.4 is 14.2 Å². The summed E-state index contributed by atoms with van der Waals surface area (Å²) in [5, 5.41) is 28.1. The Balaban J connectivity index is 3.74. The summed E-state index contributed by atoms with van der Waals surface area (Å²) in [6.07, 6.45) is 0. The van der Waals surface area contributed by atoms with E-state index in [1.54, 1.807) is 0 Å². The second kappa shape index (κ2) is 4.69. The molecule has 94 valence electrons. The smallest absolute Gasteiger partial charge is 0.343 e. The third-order valence-corrected chi connectivity index (χ3v) is 2.14. The third-order valence-electron chi connectivity index (χ3n) is 2.14. The minimum absolute atomic E-state index is 0.109. The second-order valence-electron chi connectivity index (χ2n) is 2.98. The molecule has 0 fully saturated rings. The highest BCUT2D eigenvalue weighted by atomic mass is 16.5. The lowest BCUT2D eigenvalue weighted by Crippen LogP contribution is -2.05. The normalized spacial score (nSPS) is 9.82. The van der Waals surface area contributed by atoms with Crippen molar-refractivity contribution in [1.82, 2.24) is 0 Å². The van der Waals surface area contributed by atoms with Gasteiger partial charge in [0.25, 0.3) is 0 Å². The molecule has 0 radical (unpaired) electrons. The Hall–Kier alpha value is -2.31. The Bertz CT molecular complexity index is 453. The quantitative estimate of drug-likeness (QED) is 0.673. The van der Waals surface area contributed by atoms with Crippen molar-refractivity contribution in [2.24, 2.45) is 0 Å². The zero-order chi connectivity index (χ0) is 13.2. The highest BCUT2D eigenvalue weighted by Crippen LogP contribution is 2.52. The molecule has 0 aliphatic carbocycles. The van der Waals surface area contributed by atoms with Crippen LogP contribution in [0.15, 0.2) is 0 Å². The second-order valence-corrected chi connectivity index (χ2v) is 2.98. The fourth-order valence-electron chi connectivity index (χ4n) is 1.43. The van der Waals surface area contributed by atoms with Gasteiger partial charge in [0, 0.05) is 0 Å². The number of benzene rings is 1. The van der Waals surface area contributed by atoms with Gasteiger partial charge < -0.3 is 29.5 Å². The van der Waals surface area contributed by atoms with E-state index in [-0.39, 0.29) is 17.2 Å². The fraction of sp³-hybridized carbons (Fsp3) is 0.300. The molecule has 7 heteroatoms. The summed E-state index contributed by atoms with van der Waals surface area (Å²) >= 11 is 0. The SMILES string of the molecule is COc1c(O)c(O)c(C(=O)O)c(OC)c1OC. The van der Waals surface area contributed by atoms with Crippen molar-refractivity contribution in [3.8, 4) is 28.7 Å². The molecule has 0 atom stereocenters. The monoisotopic (exact) mass is 244 g/mol. The summed E-state index contributed by atoms with van der Waals surface area (Å²) in [5.41, 5.74) is -0.595. The first-order valence-corrected chi connectivity index (χ1v) is 4.46. The van der Waals surface area contributed by atoms with Gasteiger partial charge in [-0.15, -0.1) is 0 Å². The number of aromatic hydroxyl groups is 2. The molecule has 0 saturated carbocycles. The first-order valence-electron chi connectivity index (χ1n) is 4.46. The highest BCUT2D eigenvalue weighted by Gasteiger charge is 2.30. The van der Waals surface area contributed by atoms with Crippen LogP contribution in [0, 0.1) is 0 Å². The van der Waals surface area contributed by atoms with Gasteiger partial charge >= 0.3 is 5.97 Å². The zero-order valence-corrected chi connectivity index (χ0v) is 9.47. The number of carboxylic acids is 1. The van der Waals surface area contributed by atoms with Gasteiger partial charge in [0.05, 0.1) is 21.3 Å². The molecule has 0 spiro atoms. The summed E-state index contributed by atoms with van der Waals surface area (Å²) < 4.78 is 14.6. The van der Waals surface area contributed by atoms with Crippen molar-refractivity contribution in [1.29, 1.82) is 0 Å². The standard InChI is InChI=1S/C10H12O7/c1-15-7-4(10(13)14)5(11)6(12)8(16-2)9(7)17-3/h11-12H,1-3H3,(H,13,14). The highest BCUT2D eigenvalue weighted by molar-refractivity contribution is 5.97. The first-order chi connectivity index (χ1) is 7.99. The van der Waals surface area contributed by atoms with Gasteiger partial charge in [-0.1, -0.05) is 0 Å². The van der Waals surface area contributed by atoms with Crippen molar-refractivity contribution in [2.45, 2.75) is 0 Å². The Morgan fingerprint density at radius 3 is 1.71 bits per heavy atom. The van der Waals surface area contributed by atoms with E-state index in [4.69, 9.17) is 19.3 Å². The van der Waals surface area contributed by atoms with Gasteiger partial charge in [-0.25, -0.2) is 4.79 Å². The van der Waals surface area contributed by atoms with Gasteiger partial charge in [0.15, 0.2) is 17.1 Å². The van der Waals surface area contributed by atoms with Gasteiger partial charge in [-0.3, -0.25) is 0 Å². The van der Waals surface area contributed by atoms with Crippen molar-refractivity contribution in [2.75, 3.05) is 21.3 Å². The molecule has 0 heterocycles. The van der Waals surface area contributed by atoms with Crippen LogP contribution in [0.3, 0.4) is 0 Å². The Morgan fingerprint density at radius 1 is 0.882 bits per heavy atom. The van der Waals surface area contributed by atoms with Crippen LogP contribution >= 0.6 is 0 Å². The van der Waals surface area contributed by atoms with E-state index in [2.05, 4.69) is 0 Å². The topological polar surface area (TPSA) is 105 Å². The number of phenolic OH excluding ortho intramolecular Hbond substituents is 1. The molecule has 17 heavy (non-hydrogen) atoms. The lowest BCUT2D eigenvalue weighted by atomic mass is 10.1. The number of carbonyl (C=O) groups is 1. The molecule has 7 nitrogen and oxygen atoms in total. The van der Waals surface area contributed by atoms with Gasteiger partial charge in [0.2, 0.25) is 17.2 Å². The maximum atomic E-state index is 11.0. The summed E-state index contributed by atoms with van der Waals surface area (Å²) in [5.74, 6) is -3.56. The fourth-order valence-corrected chi connectivity index (χ4v) is 1.43. The zero-order valence-electron chi connectivity index (χ0n) is 9.47. The van der Waals surface area contributed by atoms with Crippen LogP contribution in [0.4, 0.5) is 0 Å². The number of hydrogen-bond acceptors (Lipinski definition) is 6. The van der Waals surface area contributed by atoms with Crippen LogP contribution in [0.25, 0.3) is 0 Å². The number of ether oxygens (including phenoxy) is 3. The van der Waals surface area contributed by atoms with Gasteiger partial charge in [-0.2, -0.15) is 0 Å². The number of aromatic carboxylic acids is 1. The maximum absolute atomic E-state index is 11.0. The summed E-state index contributed by atoms with van der Waals surface area (Å²) in [4.78, 5) is 11.0. The summed E-state index contributed by atoms with van der Waals surface area (Å²) in [7, 11) is 3.69. The molecule has 0 saturated heterocycles.